The van der Waals surface area contributed by atoms with Crippen molar-refractivity contribution < 1.29 is 4.79 Å². The number of carbonyl (C=O) groups is 1. The lowest BCUT2D eigenvalue weighted by Crippen LogP contribution is -2.41. The summed E-state index contributed by atoms with van der Waals surface area (Å²) >= 11 is 0. The molecule has 3 rings (SSSR count). The predicted octanol–water partition coefficient (Wildman–Crippen LogP) is 4.68. The molecule has 3 nitrogen and oxygen atoms in total. The minimum Gasteiger partial charge on any atom is -0.349 e. The van der Waals surface area contributed by atoms with E-state index in [1.165, 1.54) is 11.1 Å². The molecule has 1 fully saturated rings. The number of hydrogen-bond donors (Lipinski definition) is 1. The summed E-state index contributed by atoms with van der Waals surface area (Å²) in [6.45, 7) is 7.19. The van der Waals surface area contributed by atoms with Gasteiger partial charge in [-0.15, -0.1) is 0 Å². The SMILES string of the molecule is C/C(=C\c1ccccc1)CN1CCC(C(=O)NC(C)c2ccccc2)CC1. The van der Waals surface area contributed by atoms with Crippen molar-refractivity contribution in [3.8, 4) is 0 Å². The standard InChI is InChI=1S/C24H30N2O/c1-19(17-21-9-5-3-6-10-21)18-26-15-13-23(14-16-26)24(27)25-20(2)22-11-7-4-8-12-22/h3-12,17,20,23H,13-16,18H2,1-2H3,(H,25,27)/b19-17+. The molecular weight excluding hydrogens is 332 g/mol. The molecule has 142 valence electrons. The van der Waals surface area contributed by atoms with Crippen molar-refractivity contribution in [1.82, 2.24) is 10.2 Å². The minimum absolute atomic E-state index is 0.0628. The van der Waals surface area contributed by atoms with Crippen LogP contribution in [0, 0.1) is 5.92 Å². The molecule has 1 heterocycles. The van der Waals surface area contributed by atoms with Crippen molar-refractivity contribution in [2.45, 2.75) is 32.7 Å². The minimum atomic E-state index is 0.0628. The van der Waals surface area contributed by atoms with Gasteiger partial charge >= 0.3 is 0 Å². The summed E-state index contributed by atoms with van der Waals surface area (Å²) in [6.07, 6.45) is 4.12. The first-order valence-corrected chi connectivity index (χ1v) is 9.91. The molecule has 1 saturated heterocycles. The molecule has 27 heavy (non-hydrogen) atoms. The monoisotopic (exact) mass is 362 g/mol. The summed E-state index contributed by atoms with van der Waals surface area (Å²) in [5.74, 6) is 0.327. The fraction of sp³-hybridized carbons (Fsp3) is 0.375. The Morgan fingerprint density at radius 2 is 1.67 bits per heavy atom. The van der Waals surface area contributed by atoms with Crippen LogP contribution < -0.4 is 5.32 Å². The van der Waals surface area contributed by atoms with E-state index in [9.17, 15) is 4.79 Å². The third kappa shape index (κ3) is 5.80. The summed E-state index contributed by atoms with van der Waals surface area (Å²) in [4.78, 5) is 15.1. The molecule has 0 aromatic heterocycles. The fourth-order valence-corrected chi connectivity index (χ4v) is 3.74. The van der Waals surface area contributed by atoms with Gasteiger partial charge in [0, 0.05) is 12.5 Å². The van der Waals surface area contributed by atoms with Crippen LogP contribution in [0.25, 0.3) is 6.08 Å². The van der Waals surface area contributed by atoms with Crippen LogP contribution in [-0.4, -0.2) is 30.4 Å². The molecule has 1 amide bonds. The number of benzene rings is 2. The van der Waals surface area contributed by atoms with Crippen LogP contribution in [0.3, 0.4) is 0 Å². The van der Waals surface area contributed by atoms with Gasteiger partial charge in [-0.05, 0) is 50.9 Å². The zero-order valence-corrected chi connectivity index (χ0v) is 16.4. The van der Waals surface area contributed by atoms with E-state index < -0.39 is 0 Å². The van der Waals surface area contributed by atoms with E-state index in [-0.39, 0.29) is 17.9 Å². The highest BCUT2D eigenvalue weighted by Gasteiger charge is 2.25. The maximum absolute atomic E-state index is 12.6. The van der Waals surface area contributed by atoms with Crippen LogP contribution in [0.2, 0.25) is 0 Å². The van der Waals surface area contributed by atoms with E-state index in [0.717, 1.165) is 38.0 Å². The Balaban J connectivity index is 1.45. The Labute approximate surface area is 163 Å². The molecule has 1 unspecified atom stereocenters. The van der Waals surface area contributed by atoms with Crippen LogP contribution in [-0.2, 0) is 4.79 Å². The van der Waals surface area contributed by atoms with E-state index >= 15 is 0 Å². The summed E-state index contributed by atoms with van der Waals surface area (Å²) in [6, 6.07) is 20.7. The van der Waals surface area contributed by atoms with Crippen LogP contribution >= 0.6 is 0 Å². The van der Waals surface area contributed by atoms with Crippen molar-refractivity contribution >= 4 is 12.0 Å². The number of piperidine rings is 1. The molecule has 2 aromatic rings. The number of rotatable bonds is 6. The highest BCUT2D eigenvalue weighted by atomic mass is 16.1. The van der Waals surface area contributed by atoms with Crippen molar-refractivity contribution in [2.24, 2.45) is 5.92 Å². The lowest BCUT2D eigenvalue weighted by atomic mass is 9.94. The molecule has 0 bridgehead atoms. The van der Waals surface area contributed by atoms with Gasteiger partial charge in [-0.2, -0.15) is 0 Å². The molecule has 0 saturated carbocycles. The van der Waals surface area contributed by atoms with Gasteiger partial charge in [0.25, 0.3) is 0 Å². The molecule has 0 aliphatic carbocycles. The van der Waals surface area contributed by atoms with Crippen LogP contribution in [0.5, 0.6) is 0 Å². The van der Waals surface area contributed by atoms with E-state index in [0.29, 0.717) is 0 Å². The van der Waals surface area contributed by atoms with Gasteiger partial charge in [0.15, 0.2) is 0 Å². The van der Waals surface area contributed by atoms with Crippen molar-refractivity contribution in [1.29, 1.82) is 0 Å². The highest BCUT2D eigenvalue weighted by molar-refractivity contribution is 5.79. The molecule has 2 aromatic carbocycles. The smallest absolute Gasteiger partial charge is 0.223 e. The van der Waals surface area contributed by atoms with Gasteiger partial charge in [0.05, 0.1) is 6.04 Å². The fourth-order valence-electron chi connectivity index (χ4n) is 3.74. The summed E-state index contributed by atoms with van der Waals surface area (Å²) in [5, 5.41) is 3.19. The number of carbonyl (C=O) groups excluding carboxylic acids is 1. The second kappa shape index (κ2) is 9.52. The number of likely N-dealkylation sites (tertiary alicyclic amines) is 1. The number of amides is 1. The van der Waals surface area contributed by atoms with Crippen LogP contribution in [0.1, 0.15) is 43.9 Å². The first-order valence-electron chi connectivity index (χ1n) is 9.91. The molecule has 1 aliphatic rings. The zero-order valence-electron chi connectivity index (χ0n) is 16.4. The average molecular weight is 363 g/mol. The lowest BCUT2D eigenvalue weighted by molar-refractivity contribution is -0.127. The topological polar surface area (TPSA) is 32.3 Å². The van der Waals surface area contributed by atoms with Crippen molar-refractivity contribution in [3.05, 3.63) is 77.4 Å². The molecule has 3 heteroatoms. The van der Waals surface area contributed by atoms with Crippen molar-refractivity contribution in [3.63, 3.8) is 0 Å². The Kier molecular flexibility index (Phi) is 6.83. The first-order chi connectivity index (χ1) is 13.1. The first kappa shape index (κ1) is 19.4. The molecule has 1 aliphatic heterocycles. The summed E-state index contributed by atoms with van der Waals surface area (Å²) < 4.78 is 0. The third-order valence-electron chi connectivity index (χ3n) is 5.30. The maximum Gasteiger partial charge on any atom is 0.223 e. The quantitative estimate of drug-likeness (QED) is 0.809. The predicted molar refractivity (Wildman–Crippen MR) is 112 cm³/mol. The van der Waals surface area contributed by atoms with Gasteiger partial charge in [-0.25, -0.2) is 0 Å². The van der Waals surface area contributed by atoms with Crippen LogP contribution in [0.4, 0.5) is 0 Å². The zero-order chi connectivity index (χ0) is 19.1. The molecular formula is C24H30N2O. The molecule has 1 N–H and O–H groups in total. The Morgan fingerprint density at radius 3 is 2.30 bits per heavy atom. The largest absolute Gasteiger partial charge is 0.349 e. The summed E-state index contributed by atoms with van der Waals surface area (Å²) in [7, 11) is 0. The average Bonchev–Trinajstić information content (AvgIpc) is 2.70. The van der Waals surface area contributed by atoms with Crippen molar-refractivity contribution in [2.75, 3.05) is 19.6 Å². The van der Waals surface area contributed by atoms with Gasteiger partial charge < -0.3 is 5.32 Å². The van der Waals surface area contributed by atoms with E-state index in [4.69, 9.17) is 0 Å². The maximum atomic E-state index is 12.6. The van der Waals surface area contributed by atoms with E-state index in [1.54, 1.807) is 0 Å². The highest BCUT2D eigenvalue weighted by Crippen LogP contribution is 2.20. The lowest BCUT2D eigenvalue weighted by Gasteiger charge is -2.32. The second-order valence-electron chi connectivity index (χ2n) is 7.59. The number of nitrogens with one attached hydrogen (secondary N) is 1. The molecule has 0 spiro atoms. The van der Waals surface area contributed by atoms with Crippen LogP contribution in [0.15, 0.2) is 66.2 Å². The van der Waals surface area contributed by atoms with E-state index in [1.807, 2.05) is 24.3 Å². The van der Waals surface area contributed by atoms with Gasteiger partial charge in [0.1, 0.15) is 0 Å². The van der Waals surface area contributed by atoms with Gasteiger partial charge in [0.2, 0.25) is 5.91 Å². The molecule has 0 radical (unpaired) electrons. The van der Waals surface area contributed by atoms with E-state index in [2.05, 4.69) is 66.5 Å². The Hall–Kier alpha value is -2.39. The third-order valence-corrected chi connectivity index (χ3v) is 5.30. The number of hydrogen-bond acceptors (Lipinski definition) is 2. The second-order valence-corrected chi connectivity index (χ2v) is 7.59. The number of nitrogens with zero attached hydrogens (tertiary/aromatic N) is 1. The molecule has 1 atom stereocenters. The Bertz CT molecular complexity index is 746. The van der Waals surface area contributed by atoms with Gasteiger partial charge in [-0.1, -0.05) is 72.3 Å². The summed E-state index contributed by atoms with van der Waals surface area (Å²) in [5.41, 5.74) is 3.77. The normalized spacial score (nSPS) is 17.5. The Morgan fingerprint density at radius 1 is 1.07 bits per heavy atom. The van der Waals surface area contributed by atoms with Gasteiger partial charge in [-0.3, -0.25) is 9.69 Å².